The van der Waals surface area contributed by atoms with Crippen LogP contribution in [0, 0.1) is 0 Å². The Morgan fingerprint density at radius 2 is 1.67 bits per heavy atom. The maximum absolute atomic E-state index is 13.4. The van der Waals surface area contributed by atoms with Crippen LogP contribution in [-0.4, -0.2) is 87.1 Å². The van der Waals surface area contributed by atoms with Gasteiger partial charge in [0, 0.05) is 29.9 Å². The first-order valence-corrected chi connectivity index (χ1v) is 13.7. The van der Waals surface area contributed by atoms with Gasteiger partial charge in [-0.3, -0.25) is 19.2 Å². The number of aromatic nitrogens is 1. The fourth-order valence-electron chi connectivity index (χ4n) is 3.85. The smallest absolute Gasteiger partial charge is 0.326 e. The number of thioether (sulfide) groups is 1. The van der Waals surface area contributed by atoms with Gasteiger partial charge < -0.3 is 42.6 Å². The van der Waals surface area contributed by atoms with Crippen LogP contribution in [0.2, 0.25) is 0 Å². The van der Waals surface area contributed by atoms with Crippen molar-refractivity contribution in [2.45, 2.75) is 62.9 Å². The van der Waals surface area contributed by atoms with Crippen LogP contribution in [0.25, 0.3) is 10.9 Å². The lowest BCUT2D eigenvalue weighted by atomic mass is 10.0. The number of aliphatic hydroxyl groups is 1. The molecule has 0 aliphatic carbocycles. The highest BCUT2D eigenvalue weighted by atomic mass is 32.2. The fourth-order valence-corrected chi connectivity index (χ4v) is 4.34. The van der Waals surface area contributed by atoms with Gasteiger partial charge in [0.05, 0.1) is 12.1 Å². The van der Waals surface area contributed by atoms with Crippen LogP contribution in [0.15, 0.2) is 30.5 Å². The van der Waals surface area contributed by atoms with Gasteiger partial charge in [0.2, 0.25) is 23.6 Å². The highest BCUT2D eigenvalue weighted by Gasteiger charge is 2.33. The van der Waals surface area contributed by atoms with E-state index in [-0.39, 0.29) is 19.3 Å². The second-order valence-electron chi connectivity index (χ2n) is 9.14. The minimum Gasteiger partial charge on any atom is -0.480 e. The van der Waals surface area contributed by atoms with Gasteiger partial charge in [-0.2, -0.15) is 11.8 Å². The van der Waals surface area contributed by atoms with Crippen molar-refractivity contribution in [3.8, 4) is 0 Å². The molecule has 1 aromatic heterocycles. The summed E-state index contributed by atoms with van der Waals surface area (Å²) in [7, 11) is 0. The number of benzene rings is 1. The Morgan fingerprint density at radius 1 is 1.00 bits per heavy atom. The number of nitrogens with one attached hydrogen (secondary N) is 4. The number of nitrogens with two attached hydrogens (primary N) is 2. The van der Waals surface area contributed by atoms with E-state index in [9.17, 15) is 34.2 Å². The van der Waals surface area contributed by atoms with E-state index in [4.69, 9.17) is 11.5 Å². The molecule has 5 unspecified atom stereocenters. The lowest BCUT2D eigenvalue weighted by molar-refractivity contribution is -0.143. The van der Waals surface area contributed by atoms with Crippen LogP contribution in [0.4, 0.5) is 0 Å². The number of para-hydroxylation sites is 1. The second-order valence-corrected chi connectivity index (χ2v) is 10.1. The van der Waals surface area contributed by atoms with Crippen LogP contribution in [0.3, 0.4) is 0 Å². The Labute approximate surface area is 229 Å². The summed E-state index contributed by atoms with van der Waals surface area (Å²) in [6.07, 6.45) is 2.02. The first-order chi connectivity index (χ1) is 18.4. The Bertz CT molecular complexity index is 1170. The molecular weight excluding hydrogens is 528 g/mol. The molecule has 214 valence electrons. The van der Waals surface area contributed by atoms with Crippen LogP contribution in [-0.2, 0) is 30.4 Å². The summed E-state index contributed by atoms with van der Waals surface area (Å²) in [6.45, 7) is 1.25. The molecule has 0 aliphatic heterocycles. The molecule has 0 radical (unpaired) electrons. The number of hydrogen-bond donors (Lipinski definition) is 8. The SMILES string of the molecule is CSCCC(N)C(=O)NC(Cc1c[nH]c2ccccc12)C(=O)NC(C(=O)NC(CCC(N)=O)C(=O)O)C(C)O. The van der Waals surface area contributed by atoms with Gasteiger partial charge in [0.25, 0.3) is 0 Å². The number of aliphatic carboxylic acids is 1. The van der Waals surface area contributed by atoms with Gasteiger partial charge in [-0.15, -0.1) is 0 Å². The molecule has 0 fully saturated rings. The average Bonchev–Trinajstić information content (AvgIpc) is 3.29. The van der Waals surface area contributed by atoms with E-state index in [1.165, 1.54) is 18.7 Å². The number of hydrogen-bond acceptors (Lipinski definition) is 8. The van der Waals surface area contributed by atoms with E-state index in [1.54, 1.807) is 6.20 Å². The molecule has 10 N–H and O–H groups in total. The number of aliphatic hydroxyl groups excluding tert-OH is 1. The van der Waals surface area contributed by atoms with Crippen molar-refractivity contribution in [3.05, 3.63) is 36.0 Å². The molecule has 0 saturated heterocycles. The zero-order valence-electron chi connectivity index (χ0n) is 21.8. The number of amides is 4. The number of carboxylic acid groups (broad SMARTS) is 1. The number of aromatic amines is 1. The molecule has 2 rings (SSSR count). The maximum Gasteiger partial charge on any atom is 0.326 e. The molecule has 0 spiro atoms. The first-order valence-electron chi connectivity index (χ1n) is 12.3. The quantitative estimate of drug-likeness (QED) is 0.124. The Morgan fingerprint density at radius 3 is 2.28 bits per heavy atom. The van der Waals surface area contributed by atoms with Crippen molar-refractivity contribution in [2.75, 3.05) is 12.0 Å². The van der Waals surface area contributed by atoms with E-state index < -0.39 is 59.9 Å². The number of fused-ring (bicyclic) bond motifs is 1. The van der Waals surface area contributed by atoms with E-state index >= 15 is 0 Å². The van der Waals surface area contributed by atoms with E-state index in [0.29, 0.717) is 12.2 Å². The minimum atomic E-state index is -1.56. The predicted octanol–water partition coefficient (Wildman–Crippen LogP) is -1.02. The van der Waals surface area contributed by atoms with Crippen molar-refractivity contribution in [1.82, 2.24) is 20.9 Å². The maximum atomic E-state index is 13.4. The van der Waals surface area contributed by atoms with Gasteiger partial charge in [-0.1, -0.05) is 18.2 Å². The Kier molecular flexibility index (Phi) is 12.2. The van der Waals surface area contributed by atoms with E-state index in [2.05, 4.69) is 20.9 Å². The molecule has 1 heterocycles. The van der Waals surface area contributed by atoms with Crippen molar-refractivity contribution >= 4 is 52.3 Å². The van der Waals surface area contributed by atoms with Gasteiger partial charge in [0.15, 0.2) is 0 Å². The Balaban J connectivity index is 2.25. The molecule has 2 aromatic rings. The lowest BCUT2D eigenvalue weighted by Crippen LogP contribution is -2.60. The largest absolute Gasteiger partial charge is 0.480 e. The fraction of sp³-hybridized carbons (Fsp3) is 0.480. The Hall–Kier alpha value is -3.62. The third-order valence-corrected chi connectivity index (χ3v) is 6.70. The summed E-state index contributed by atoms with van der Waals surface area (Å²) in [4.78, 5) is 64.7. The third kappa shape index (κ3) is 9.57. The first kappa shape index (κ1) is 31.6. The standard InChI is InChI=1S/C25H36N6O7S/c1-13(32)21(24(36)29-18(25(37)38)7-8-20(27)33)31-23(35)19(30-22(34)16(26)9-10-39-2)11-14-12-28-17-6-4-3-5-15(14)17/h3-6,12-13,16,18-19,21,28,32H,7-11,26H2,1-2H3,(H2,27,33)(H,29,36)(H,30,34)(H,31,35)(H,37,38). The van der Waals surface area contributed by atoms with Crippen LogP contribution >= 0.6 is 11.8 Å². The normalized spacial score (nSPS) is 15.0. The van der Waals surface area contributed by atoms with Gasteiger partial charge in [0.1, 0.15) is 18.1 Å². The van der Waals surface area contributed by atoms with Crippen molar-refractivity contribution in [1.29, 1.82) is 0 Å². The number of rotatable bonds is 16. The topological polar surface area (TPSA) is 230 Å². The molecule has 0 bridgehead atoms. The second kappa shape index (κ2) is 15.1. The molecule has 5 atom stereocenters. The third-order valence-electron chi connectivity index (χ3n) is 6.06. The average molecular weight is 565 g/mol. The summed E-state index contributed by atoms with van der Waals surface area (Å²) in [6, 6.07) is 2.32. The summed E-state index contributed by atoms with van der Waals surface area (Å²) >= 11 is 1.52. The predicted molar refractivity (Wildman–Crippen MR) is 147 cm³/mol. The van der Waals surface area contributed by atoms with Crippen molar-refractivity contribution in [2.24, 2.45) is 11.5 Å². The number of H-pyrrole nitrogens is 1. The highest BCUT2D eigenvalue weighted by molar-refractivity contribution is 7.98. The monoisotopic (exact) mass is 564 g/mol. The number of carbonyl (C=O) groups excluding carboxylic acids is 4. The van der Waals surface area contributed by atoms with Gasteiger partial charge >= 0.3 is 5.97 Å². The molecule has 4 amide bonds. The van der Waals surface area contributed by atoms with E-state index in [1.807, 2.05) is 30.5 Å². The minimum absolute atomic E-state index is 0.0430. The molecule has 39 heavy (non-hydrogen) atoms. The van der Waals surface area contributed by atoms with Crippen molar-refractivity contribution in [3.63, 3.8) is 0 Å². The summed E-state index contributed by atoms with van der Waals surface area (Å²) in [5, 5.41) is 27.7. The zero-order valence-corrected chi connectivity index (χ0v) is 22.6. The van der Waals surface area contributed by atoms with Crippen LogP contribution < -0.4 is 27.4 Å². The molecule has 0 aliphatic rings. The number of carboxylic acids is 1. The highest BCUT2D eigenvalue weighted by Crippen LogP contribution is 2.19. The number of carbonyl (C=O) groups is 5. The summed E-state index contributed by atoms with van der Waals surface area (Å²) in [5.41, 5.74) is 12.6. The summed E-state index contributed by atoms with van der Waals surface area (Å²) in [5.74, 6) is -3.84. The molecule has 1 aromatic carbocycles. The van der Waals surface area contributed by atoms with E-state index in [0.717, 1.165) is 16.5 Å². The summed E-state index contributed by atoms with van der Waals surface area (Å²) < 4.78 is 0. The van der Waals surface area contributed by atoms with Crippen LogP contribution in [0.1, 0.15) is 31.7 Å². The molecular formula is C25H36N6O7S. The van der Waals surface area contributed by atoms with Gasteiger partial charge in [-0.05, 0) is 43.4 Å². The molecule has 0 saturated carbocycles. The zero-order chi connectivity index (χ0) is 29.1. The van der Waals surface area contributed by atoms with Crippen LogP contribution in [0.5, 0.6) is 0 Å². The lowest BCUT2D eigenvalue weighted by Gasteiger charge is -2.26. The van der Waals surface area contributed by atoms with Gasteiger partial charge in [-0.25, -0.2) is 4.79 Å². The van der Waals surface area contributed by atoms with Crippen molar-refractivity contribution < 1.29 is 34.2 Å². The molecule has 13 nitrogen and oxygen atoms in total. The number of primary amides is 1. The molecule has 14 heteroatoms.